The van der Waals surface area contributed by atoms with E-state index in [1.807, 2.05) is 38.1 Å². The molecule has 3 aromatic rings. The lowest BCUT2D eigenvalue weighted by Crippen LogP contribution is -2.20. The van der Waals surface area contributed by atoms with Gasteiger partial charge in [-0.3, -0.25) is 9.59 Å². The van der Waals surface area contributed by atoms with E-state index in [1.54, 1.807) is 36.4 Å². The van der Waals surface area contributed by atoms with E-state index < -0.39 is 0 Å². The number of nitrogens with one attached hydrogen (secondary N) is 2. The number of halogens is 3. The number of hydrogen-bond donors (Lipinski definition) is 2. The second kappa shape index (κ2) is 12.7. The van der Waals surface area contributed by atoms with Crippen molar-refractivity contribution in [1.82, 2.24) is 5.32 Å². The normalized spacial score (nSPS) is 15.0. The molecular formula is C27H22BrCl2N3O4S. The summed E-state index contributed by atoms with van der Waals surface area (Å²) < 4.78 is 12.2. The number of hydrogen-bond acceptors (Lipinski definition) is 6. The smallest absolute Gasteiger partial charge is 0.264 e. The van der Waals surface area contributed by atoms with Crippen LogP contribution in [-0.4, -0.2) is 30.2 Å². The maximum atomic E-state index is 12.6. The Morgan fingerprint density at radius 3 is 2.61 bits per heavy atom. The number of benzene rings is 3. The van der Waals surface area contributed by atoms with Crippen LogP contribution in [0.3, 0.4) is 0 Å². The molecule has 1 fully saturated rings. The van der Waals surface area contributed by atoms with Gasteiger partial charge in [0.1, 0.15) is 0 Å². The average Bonchev–Trinajstić information content (AvgIpc) is 3.22. The molecule has 0 bridgehead atoms. The molecule has 0 saturated carbocycles. The third-order valence-electron chi connectivity index (χ3n) is 5.15. The highest BCUT2D eigenvalue weighted by Crippen LogP contribution is 2.38. The fourth-order valence-corrected chi connectivity index (χ4v) is 4.93. The maximum Gasteiger partial charge on any atom is 0.264 e. The van der Waals surface area contributed by atoms with Crippen molar-refractivity contribution in [2.75, 3.05) is 18.5 Å². The van der Waals surface area contributed by atoms with Crippen LogP contribution >= 0.6 is 50.9 Å². The van der Waals surface area contributed by atoms with Crippen molar-refractivity contribution in [2.24, 2.45) is 4.99 Å². The predicted molar refractivity (Wildman–Crippen MR) is 158 cm³/mol. The monoisotopic (exact) mass is 633 g/mol. The summed E-state index contributed by atoms with van der Waals surface area (Å²) in [6, 6.07) is 16.0. The minimum Gasteiger partial charge on any atom is -0.490 e. The van der Waals surface area contributed by atoms with Crippen LogP contribution in [0.15, 0.2) is 69.0 Å². The van der Waals surface area contributed by atoms with Crippen LogP contribution in [0.5, 0.6) is 11.5 Å². The van der Waals surface area contributed by atoms with E-state index in [-0.39, 0.29) is 18.4 Å². The summed E-state index contributed by atoms with van der Waals surface area (Å²) in [7, 11) is 0. The number of amides is 2. The lowest BCUT2D eigenvalue weighted by molar-refractivity contribution is -0.118. The Morgan fingerprint density at radius 2 is 1.87 bits per heavy atom. The van der Waals surface area contributed by atoms with Gasteiger partial charge >= 0.3 is 0 Å². The molecule has 2 amide bonds. The minimum absolute atomic E-state index is 0.203. The first-order valence-corrected chi connectivity index (χ1v) is 13.8. The van der Waals surface area contributed by atoms with Crippen molar-refractivity contribution in [3.05, 3.63) is 85.1 Å². The second-order valence-corrected chi connectivity index (χ2v) is 10.7. The van der Waals surface area contributed by atoms with E-state index in [0.717, 1.165) is 5.56 Å². The van der Waals surface area contributed by atoms with E-state index in [4.69, 9.17) is 32.7 Å². The summed E-state index contributed by atoms with van der Waals surface area (Å²) >= 11 is 17.0. The second-order valence-electron chi connectivity index (χ2n) is 8.01. The van der Waals surface area contributed by atoms with Crippen LogP contribution in [0.2, 0.25) is 10.0 Å². The lowest BCUT2D eigenvalue weighted by Gasteiger charge is -2.14. The fourth-order valence-electron chi connectivity index (χ4n) is 3.33. The summed E-state index contributed by atoms with van der Waals surface area (Å²) in [5.74, 6) is 0.226. The predicted octanol–water partition coefficient (Wildman–Crippen LogP) is 7.37. The molecule has 0 radical (unpaired) electrons. The summed E-state index contributed by atoms with van der Waals surface area (Å²) in [6.07, 6.45) is 1.71. The topological polar surface area (TPSA) is 89.0 Å². The molecule has 0 atom stereocenters. The van der Waals surface area contributed by atoms with Gasteiger partial charge in [-0.2, -0.15) is 0 Å². The van der Waals surface area contributed by atoms with Crippen LogP contribution < -0.4 is 20.1 Å². The molecule has 38 heavy (non-hydrogen) atoms. The van der Waals surface area contributed by atoms with Gasteiger partial charge in [0.15, 0.2) is 23.3 Å². The highest BCUT2D eigenvalue weighted by molar-refractivity contribution is 9.10. The number of carbonyl (C=O) groups excluding carboxylic acids is 2. The molecular weight excluding hydrogens is 613 g/mol. The number of nitrogens with zero attached hydrogens (tertiary/aromatic N) is 1. The Labute approximate surface area is 242 Å². The Bertz CT molecular complexity index is 1440. The van der Waals surface area contributed by atoms with E-state index in [1.165, 1.54) is 11.8 Å². The maximum absolute atomic E-state index is 12.6. The first-order valence-electron chi connectivity index (χ1n) is 11.4. The number of carbonyl (C=O) groups is 2. The molecule has 1 saturated heterocycles. The molecule has 1 aliphatic rings. The van der Waals surface area contributed by atoms with Gasteiger partial charge in [0.25, 0.3) is 11.8 Å². The van der Waals surface area contributed by atoms with Crippen molar-refractivity contribution in [2.45, 2.75) is 13.8 Å². The van der Waals surface area contributed by atoms with Gasteiger partial charge in [0.2, 0.25) is 0 Å². The van der Waals surface area contributed by atoms with Crippen molar-refractivity contribution in [1.29, 1.82) is 0 Å². The van der Waals surface area contributed by atoms with Crippen LogP contribution in [0.1, 0.15) is 18.1 Å². The highest BCUT2D eigenvalue weighted by Gasteiger charge is 2.25. The number of rotatable bonds is 8. The number of amidine groups is 1. The van der Waals surface area contributed by atoms with Gasteiger partial charge in [-0.1, -0.05) is 62.9 Å². The largest absolute Gasteiger partial charge is 0.490 e. The van der Waals surface area contributed by atoms with Crippen molar-refractivity contribution < 1.29 is 19.1 Å². The summed E-state index contributed by atoms with van der Waals surface area (Å²) in [5.41, 5.74) is 2.92. The van der Waals surface area contributed by atoms with Gasteiger partial charge in [-0.05, 0) is 73.6 Å². The molecule has 3 aromatic carbocycles. The molecule has 2 N–H and O–H groups in total. The highest BCUT2D eigenvalue weighted by atomic mass is 79.9. The Balaban J connectivity index is 1.50. The Kier molecular flexibility index (Phi) is 9.38. The van der Waals surface area contributed by atoms with Gasteiger partial charge in [-0.25, -0.2) is 4.99 Å². The first-order chi connectivity index (χ1) is 18.2. The SMILES string of the molecule is CCOc1cc(/C=C2/SC(=Nc3cccc(Cl)c3Cl)NC2=O)c(Br)cc1OCC(=O)Nc1ccc(C)cc1. The van der Waals surface area contributed by atoms with Gasteiger partial charge in [-0.15, -0.1) is 0 Å². The lowest BCUT2D eigenvalue weighted by atomic mass is 10.2. The number of thioether (sulfide) groups is 1. The Hall–Kier alpha value is -2.98. The van der Waals surface area contributed by atoms with Crippen molar-refractivity contribution in [3.63, 3.8) is 0 Å². The van der Waals surface area contributed by atoms with E-state index in [2.05, 4.69) is 31.6 Å². The Morgan fingerprint density at radius 1 is 1.13 bits per heavy atom. The van der Waals surface area contributed by atoms with Gasteiger partial charge < -0.3 is 20.1 Å². The number of aryl methyl sites for hydroxylation is 1. The quantitative estimate of drug-likeness (QED) is 0.253. The molecule has 0 unspecified atom stereocenters. The third-order valence-corrected chi connectivity index (χ3v) is 7.55. The first kappa shape index (κ1) is 28.0. The molecule has 0 aromatic heterocycles. The van der Waals surface area contributed by atoms with E-state index in [0.29, 0.717) is 59.6 Å². The minimum atomic E-state index is -0.302. The molecule has 7 nitrogen and oxygen atoms in total. The van der Waals surface area contributed by atoms with E-state index in [9.17, 15) is 9.59 Å². The van der Waals surface area contributed by atoms with Crippen LogP contribution in [-0.2, 0) is 9.59 Å². The molecule has 1 aliphatic heterocycles. The van der Waals surface area contributed by atoms with E-state index >= 15 is 0 Å². The molecule has 4 rings (SSSR count). The van der Waals surface area contributed by atoms with Gasteiger partial charge in [0, 0.05) is 10.2 Å². The van der Waals surface area contributed by atoms with Gasteiger partial charge in [0.05, 0.1) is 27.2 Å². The average molecular weight is 635 g/mol. The van der Waals surface area contributed by atoms with Crippen molar-refractivity contribution >= 4 is 85.3 Å². The number of ether oxygens (including phenoxy) is 2. The van der Waals surface area contributed by atoms with Crippen molar-refractivity contribution in [3.8, 4) is 11.5 Å². The zero-order valence-electron chi connectivity index (χ0n) is 20.3. The molecule has 196 valence electrons. The number of aliphatic imine (C=N–C) groups is 1. The number of anilines is 1. The summed E-state index contributed by atoms with van der Waals surface area (Å²) in [4.78, 5) is 29.8. The molecule has 0 spiro atoms. The molecule has 0 aliphatic carbocycles. The van der Waals surface area contributed by atoms with Crippen LogP contribution in [0.4, 0.5) is 11.4 Å². The molecule has 1 heterocycles. The van der Waals surface area contributed by atoms with Crippen LogP contribution in [0.25, 0.3) is 6.08 Å². The summed E-state index contributed by atoms with van der Waals surface area (Å²) in [6.45, 7) is 4.00. The molecule has 11 heteroatoms. The zero-order chi connectivity index (χ0) is 27.2. The third kappa shape index (κ3) is 7.11. The fraction of sp³-hybridized carbons (Fsp3) is 0.148. The standard InChI is InChI=1S/C27H22BrCl2N3O4S/c1-3-36-21-11-16(12-23-26(35)33-27(38-23)32-20-6-4-5-19(29)25(20)30)18(28)13-22(21)37-14-24(34)31-17-9-7-15(2)8-10-17/h4-13H,3,14H2,1-2H3,(H,31,34)(H,32,33,35)/b23-12+. The zero-order valence-corrected chi connectivity index (χ0v) is 24.2. The van der Waals surface area contributed by atoms with Crippen LogP contribution in [0, 0.1) is 6.92 Å². The summed E-state index contributed by atoms with van der Waals surface area (Å²) in [5, 5.41) is 6.60.